The van der Waals surface area contributed by atoms with E-state index >= 15 is 0 Å². The summed E-state index contributed by atoms with van der Waals surface area (Å²) in [6.45, 7) is 0. The van der Waals surface area contributed by atoms with Crippen LogP contribution in [0.4, 0.5) is 13.2 Å². The lowest BCUT2D eigenvalue weighted by atomic mass is 10.3. The third-order valence-corrected chi connectivity index (χ3v) is 2.28. The van der Waals surface area contributed by atoms with Crippen LogP contribution in [-0.4, -0.2) is 9.38 Å². The van der Waals surface area contributed by atoms with E-state index in [2.05, 4.69) is 4.98 Å². The molecule has 0 fully saturated rings. The van der Waals surface area contributed by atoms with Gasteiger partial charge in [0, 0.05) is 6.20 Å². The average Bonchev–Trinajstić information content (AvgIpc) is 2.59. The Kier molecular flexibility index (Phi) is 2.28. The van der Waals surface area contributed by atoms with Crippen LogP contribution in [0, 0.1) is 11.3 Å². The maximum Gasteiger partial charge on any atom is 0.417 e. The van der Waals surface area contributed by atoms with Crippen LogP contribution in [0.5, 0.6) is 0 Å². The second-order valence-corrected chi connectivity index (χ2v) is 3.43. The molecular formula is C9H3ClF3N3. The lowest BCUT2D eigenvalue weighted by molar-refractivity contribution is -0.137. The fourth-order valence-electron chi connectivity index (χ4n) is 1.28. The van der Waals surface area contributed by atoms with Gasteiger partial charge in [-0.3, -0.25) is 4.40 Å². The molecule has 0 atom stereocenters. The summed E-state index contributed by atoms with van der Waals surface area (Å²) in [6, 6.07) is 2.51. The van der Waals surface area contributed by atoms with Crippen LogP contribution in [0.25, 0.3) is 5.65 Å². The summed E-state index contributed by atoms with van der Waals surface area (Å²) in [4.78, 5) is 3.75. The Labute approximate surface area is 92.7 Å². The van der Waals surface area contributed by atoms with E-state index in [1.165, 1.54) is 6.20 Å². The molecule has 2 rings (SSSR count). The van der Waals surface area contributed by atoms with Gasteiger partial charge in [0.15, 0.2) is 5.65 Å². The van der Waals surface area contributed by atoms with Crippen LogP contribution >= 0.6 is 11.6 Å². The molecule has 0 unspecified atom stereocenters. The van der Waals surface area contributed by atoms with Crippen LogP contribution < -0.4 is 0 Å². The van der Waals surface area contributed by atoms with Gasteiger partial charge in [-0.25, -0.2) is 4.98 Å². The molecule has 0 aliphatic heterocycles. The molecule has 2 aromatic heterocycles. The minimum Gasteiger partial charge on any atom is -0.289 e. The molecule has 2 heterocycles. The van der Waals surface area contributed by atoms with Crippen molar-refractivity contribution in [2.75, 3.05) is 0 Å². The van der Waals surface area contributed by atoms with Gasteiger partial charge in [0.25, 0.3) is 0 Å². The molecule has 0 radical (unpaired) electrons. The molecule has 0 saturated carbocycles. The minimum atomic E-state index is -4.51. The number of nitriles is 1. The number of aromatic nitrogens is 2. The highest BCUT2D eigenvalue weighted by Gasteiger charge is 2.32. The standard InChI is InChI=1S/C9H3ClF3N3/c10-7-1-5(9(11,12)13)4-16-6(2-14)3-15-8(7)16/h1,3-4H. The predicted molar refractivity (Wildman–Crippen MR) is 49.9 cm³/mol. The van der Waals surface area contributed by atoms with Gasteiger partial charge in [-0.05, 0) is 6.07 Å². The molecule has 0 spiro atoms. The van der Waals surface area contributed by atoms with Gasteiger partial charge in [-0.2, -0.15) is 18.4 Å². The van der Waals surface area contributed by atoms with Crippen molar-refractivity contribution < 1.29 is 13.2 Å². The molecule has 82 valence electrons. The van der Waals surface area contributed by atoms with Crippen LogP contribution in [0.1, 0.15) is 11.3 Å². The second-order valence-electron chi connectivity index (χ2n) is 3.02. The summed E-state index contributed by atoms with van der Waals surface area (Å²) >= 11 is 5.65. The summed E-state index contributed by atoms with van der Waals surface area (Å²) in [7, 11) is 0. The summed E-state index contributed by atoms with van der Waals surface area (Å²) < 4.78 is 38.4. The molecule has 0 N–H and O–H groups in total. The van der Waals surface area contributed by atoms with E-state index in [1.54, 1.807) is 6.07 Å². The zero-order chi connectivity index (χ0) is 11.9. The topological polar surface area (TPSA) is 41.1 Å². The number of alkyl halides is 3. The molecule has 7 heteroatoms. The van der Waals surface area contributed by atoms with Crippen molar-refractivity contribution in [2.24, 2.45) is 0 Å². The fourth-order valence-corrected chi connectivity index (χ4v) is 1.54. The maximum atomic E-state index is 12.5. The lowest BCUT2D eigenvalue weighted by Gasteiger charge is -2.08. The molecule has 0 aliphatic rings. The number of hydrogen-bond donors (Lipinski definition) is 0. The van der Waals surface area contributed by atoms with Gasteiger partial charge in [-0.1, -0.05) is 11.6 Å². The maximum absolute atomic E-state index is 12.5. The molecule has 0 aliphatic carbocycles. The van der Waals surface area contributed by atoms with Crippen molar-refractivity contribution in [3.8, 4) is 6.07 Å². The highest BCUT2D eigenvalue weighted by atomic mass is 35.5. The molecule has 0 aromatic carbocycles. The average molecular weight is 246 g/mol. The second kappa shape index (κ2) is 3.39. The minimum absolute atomic E-state index is 0.00278. The van der Waals surface area contributed by atoms with Gasteiger partial charge in [0.2, 0.25) is 0 Å². The Balaban J connectivity index is 2.79. The molecule has 16 heavy (non-hydrogen) atoms. The monoisotopic (exact) mass is 245 g/mol. The van der Waals surface area contributed by atoms with E-state index in [0.717, 1.165) is 16.7 Å². The quantitative estimate of drug-likeness (QED) is 0.716. The van der Waals surface area contributed by atoms with Crippen LogP contribution in [-0.2, 0) is 6.18 Å². The zero-order valence-corrected chi connectivity index (χ0v) is 8.34. The fraction of sp³-hybridized carbons (Fsp3) is 0.111. The number of pyridine rings is 1. The highest BCUT2D eigenvalue weighted by molar-refractivity contribution is 6.33. The number of nitrogens with zero attached hydrogens (tertiary/aromatic N) is 3. The van der Waals surface area contributed by atoms with Crippen LogP contribution in [0.3, 0.4) is 0 Å². The Hall–Kier alpha value is -1.74. The molecular weight excluding hydrogens is 243 g/mol. The van der Waals surface area contributed by atoms with Crippen molar-refractivity contribution in [3.05, 3.63) is 34.7 Å². The van der Waals surface area contributed by atoms with E-state index in [1.807, 2.05) is 0 Å². The van der Waals surface area contributed by atoms with Crippen molar-refractivity contribution >= 4 is 17.2 Å². The van der Waals surface area contributed by atoms with Gasteiger partial charge >= 0.3 is 6.18 Å². The van der Waals surface area contributed by atoms with Crippen molar-refractivity contribution in [1.29, 1.82) is 5.26 Å². The largest absolute Gasteiger partial charge is 0.417 e. The first-order valence-corrected chi connectivity index (χ1v) is 4.45. The molecule has 0 bridgehead atoms. The summed E-state index contributed by atoms with van der Waals surface area (Å²) in [6.07, 6.45) is -2.54. The van der Waals surface area contributed by atoms with E-state index < -0.39 is 11.7 Å². The molecule has 2 aromatic rings. The number of halogens is 4. The van der Waals surface area contributed by atoms with E-state index in [9.17, 15) is 13.2 Å². The van der Waals surface area contributed by atoms with Gasteiger partial charge in [0.1, 0.15) is 11.8 Å². The highest BCUT2D eigenvalue weighted by Crippen LogP contribution is 2.32. The first kappa shape index (κ1) is 10.8. The number of fused-ring (bicyclic) bond motifs is 1. The first-order chi connectivity index (χ1) is 7.43. The van der Waals surface area contributed by atoms with Gasteiger partial charge in [-0.15, -0.1) is 0 Å². The molecule has 0 amide bonds. The SMILES string of the molecule is N#Cc1cnc2c(Cl)cc(C(F)(F)F)cn12. The zero-order valence-electron chi connectivity index (χ0n) is 7.59. The summed E-state index contributed by atoms with van der Waals surface area (Å²) in [5.41, 5.74) is -0.784. The van der Waals surface area contributed by atoms with Gasteiger partial charge in [0.05, 0.1) is 16.8 Å². The number of imidazole rings is 1. The Morgan fingerprint density at radius 2 is 2.12 bits per heavy atom. The van der Waals surface area contributed by atoms with E-state index in [-0.39, 0.29) is 16.4 Å². The molecule has 3 nitrogen and oxygen atoms in total. The van der Waals surface area contributed by atoms with Crippen LogP contribution in [0.15, 0.2) is 18.5 Å². The normalized spacial score (nSPS) is 11.7. The Morgan fingerprint density at radius 3 is 2.69 bits per heavy atom. The van der Waals surface area contributed by atoms with Crippen molar-refractivity contribution in [3.63, 3.8) is 0 Å². The van der Waals surface area contributed by atoms with Gasteiger partial charge < -0.3 is 0 Å². The summed E-state index contributed by atoms with van der Waals surface area (Å²) in [5, 5.41) is 8.53. The lowest BCUT2D eigenvalue weighted by Crippen LogP contribution is -2.07. The Morgan fingerprint density at radius 1 is 1.44 bits per heavy atom. The molecule has 0 saturated heterocycles. The number of rotatable bonds is 0. The van der Waals surface area contributed by atoms with Crippen LogP contribution in [0.2, 0.25) is 5.02 Å². The predicted octanol–water partition coefficient (Wildman–Crippen LogP) is 2.88. The Bertz CT molecular complexity index is 594. The summed E-state index contributed by atoms with van der Waals surface area (Å²) in [5.74, 6) is 0. The third-order valence-electron chi connectivity index (χ3n) is 2.00. The van der Waals surface area contributed by atoms with E-state index in [0.29, 0.717) is 0 Å². The number of hydrogen-bond acceptors (Lipinski definition) is 2. The van der Waals surface area contributed by atoms with Crippen molar-refractivity contribution in [2.45, 2.75) is 6.18 Å². The van der Waals surface area contributed by atoms with Crippen molar-refractivity contribution in [1.82, 2.24) is 9.38 Å². The van der Waals surface area contributed by atoms with E-state index in [4.69, 9.17) is 16.9 Å². The third kappa shape index (κ3) is 1.59. The first-order valence-electron chi connectivity index (χ1n) is 4.07. The smallest absolute Gasteiger partial charge is 0.289 e.